The van der Waals surface area contributed by atoms with Gasteiger partial charge in [-0.15, -0.1) is 0 Å². The Labute approximate surface area is 120 Å². The highest BCUT2D eigenvalue weighted by Gasteiger charge is 1.92. The minimum atomic E-state index is 1.37. The standard InChI is InChI=1S/C16H34.H2N3/c1-3-5-7-9-11-13-15-16-14-12-10-8-6-4-2;1-3-2/h3-16H2,1-2H3;1-2H/q;+1. The molecule has 0 radical (unpaired) electrons. The minimum Gasteiger partial charge on any atom is -0.0654 e. The summed E-state index contributed by atoms with van der Waals surface area (Å²) < 4.78 is 0. The first-order chi connectivity index (χ1) is 9.33. The molecule has 0 fully saturated rings. The van der Waals surface area contributed by atoms with Gasteiger partial charge in [-0.3, -0.25) is 0 Å². The predicted molar refractivity (Wildman–Crippen MR) is 83.6 cm³/mol. The van der Waals surface area contributed by atoms with Gasteiger partial charge >= 0.3 is 0 Å². The molecular formula is C16H36N3+. The fourth-order valence-corrected chi connectivity index (χ4v) is 2.27. The van der Waals surface area contributed by atoms with Crippen LogP contribution in [0.15, 0.2) is 0 Å². The summed E-state index contributed by atoms with van der Waals surface area (Å²) in [7, 11) is 0. The van der Waals surface area contributed by atoms with Crippen molar-refractivity contribution in [2.45, 2.75) is 104 Å². The van der Waals surface area contributed by atoms with Gasteiger partial charge in [0.25, 0.3) is 0 Å². The number of hydrogen-bond donors (Lipinski definition) is 2. The van der Waals surface area contributed by atoms with E-state index >= 15 is 0 Å². The van der Waals surface area contributed by atoms with E-state index in [0.29, 0.717) is 0 Å². The molecular weight excluding hydrogens is 234 g/mol. The number of nitrogens with zero attached hydrogens (tertiary/aromatic N) is 1. The van der Waals surface area contributed by atoms with Crippen LogP contribution in [-0.2, 0) is 0 Å². The molecule has 0 amide bonds. The molecule has 0 aliphatic carbocycles. The van der Waals surface area contributed by atoms with Crippen molar-refractivity contribution in [3.8, 4) is 0 Å². The van der Waals surface area contributed by atoms with E-state index in [2.05, 4.69) is 13.8 Å². The lowest BCUT2D eigenvalue weighted by Gasteiger charge is -2.02. The maximum atomic E-state index is 5.50. The minimum absolute atomic E-state index is 1.37. The number of unbranched alkanes of at least 4 members (excludes halogenated alkanes) is 13. The number of hydrogen-bond acceptors (Lipinski definition) is 2. The molecule has 0 rings (SSSR count). The fourth-order valence-electron chi connectivity index (χ4n) is 2.27. The Kier molecular flexibility index (Phi) is 24.4. The van der Waals surface area contributed by atoms with Crippen LogP contribution in [0.2, 0.25) is 0 Å². The van der Waals surface area contributed by atoms with Gasteiger partial charge in [-0.1, -0.05) is 104 Å². The monoisotopic (exact) mass is 270 g/mol. The van der Waals surface area contributed by atoms with Crippen LogP contribution in [0.1, 0.15) is 104 Å². The molecule has 0 aliphatic rings. The molecule has 0 aromatic heterocycles. The molecule has 19 heavy (non-hydrogen) atoms. The molecule has 0 aromatic rings. The quantitative estimate of drug-likeness (QED) is 0.215. The van der Waals surface area contributed by atoms with Crippen molar-refractivity contribution < 1.29 is 0 Å². The average Bonchev–Trinajstić information content (AvgIpc) is 2.41. The van der Waals surface area contributed by atoms with Crippen LogP contribution in [-0.4, -0.2) is 0 Å². The second-order valence-electron chi connectivity index (χ2n) is 5.35. The highest BCUT2D eigenvalue weighted by molar-refractivity contribution is 4.48. The highest BCUT2D eigenvalue weighted by Crippen LogP contribution is 2.12. The lowest BCUT2D eigenvalue weighted by atomic mass is 10.0. The zero-order valence-electron chi connectivity index (χ0n) is 13.3. The Morgan fingerprint density at radius 2 is 0.632 bits per heavy atom. The summed E-state index contributed by atoms with van der Waals surface area (Å²) >= 11 is 0. The molecule has 3 heteroatoms. The van der Waals surface area contributed by atoms with Crippen LogP contribution in [0.25, 0.3) is 0 Å². The lowest BCUT2D eigenvalue weighted by molar-refractivity contribution is 0.538. The molecule has 0 aromatic carbocycles. The van der Waals surface area contributed by atoms with Gasteiger partial charge in [-0.2, -0.15) is 0 Å². The molecule has 0 saturated heterocycles. The Bertz CT molecular complexity index is 161. The molecule has 0 spiro atoms. The molecule has 2 N–H and O–H groups in total. The van der Waals surface area contributed by atoms with E-state index in [0.717, 1.165) is 0 Å². The number of rotatable bonds is 13. The maximum absolute atomic E-state index is 5.50. The molecule has 114 valence electrons. The van der Waals surface area contributed by atoms with Crippen molar-refractivity contribution in [3.63, 3.8) is 0 Å². The first-order valence-corrected chi connectivity index (χ1v) is 8.36. The van der Waals surface area contributed by atoms with Gasteiger partial charge in [0.05, 0.1) is 0 Å². The van der Waals surface area contributed by atoms with E-state index in [1.807, 2.05) is 4.91 Å². The summed E-state index contributed by atoms with van der Waals surface area (Å²) in [5.74, 6) is 0. The van der Waals surface area contributed by atoms with Crippen LogP contribution in [0.5, 0.6) is 0 Å². The van der Waals surface area contributed by atoms with E-state index in [4.69, 9.17) is 11.1 Å². The molecule has 0 unspecified atom stereocenters. The summed E-state index contributed by atoms with van der Waals surface area (Å²) in [5.41, 5.74) is 11.0. The maximum Gasteiger partial charge on any atom is 0.211 e. The van der Waals surface area contributed by atoms with Crippen molar-refractivity contribution in [1.82, 2.24) is 4.91 Å². The normalized spacial score (nSPS) is 9.58. The number of nitrogens with one attached hydrogen (secondary N) is 2. The first kappa shape index (κ1) is 20.6. The molecule has 0 heterocycles. The second-order valence-corrected chi connectivity index (χ2v) is 5.35. The van der Waals surface area contributed by atoms with Crippen molar-refractivity contribution in [1.29, 1.82) is 11.1 Å². The largest absolute Gasteiger partial charge is 0.211 e. The van der Waals surface area contributed by atoms with E-state index < -0.39 is 0 Å². The lowest BCUT2D eigenvalue weighted by Crippen LogP contribution is -1.82. The van der Waals surface area contributed by atoms with Gasteiger partial charge in [-0.05, 0) is 0 Å². The Morgan fingerprint density at radius 3 is 0.789 bits per heavy atom. The van der Waals surface area contributed by atoms with Crippen LogP contribution in [0.3, 0.4) is 0 Å². The highest BCUT2D eigenvalue weighted by atomic mass is 15.0. The SMILES string of the molecule is CCCCCCCCCCCCCCCC.N=[N+]=N. The van der Waals surface area contributed by atoms with Crippen molar-refractivity contribution in [3.05, 3.63) is 0 Å². The summed E-state index contributed by atoms with van der Waals surface area (Å²) in [6.45, 7) is 4.58. The zero-order valence-corrected chi connectivity index (χ0v) is 13.3. The van der Waals surface area contributed by atoms with Crippen molar-refractivity contribution in [2.75, 3.05) is 0 Å². The van der Waals surface area contributed by atoms with Crippen molar-refractivity contribution in [2.24, 2.45) is 0 Å². The Balaban J connectivity index is 0. The average molecular weight is 270 g/mol. The summed E-state index contributed by atoms with van der Waals surface area (Å²) in [6, 6.07) is 0. The van der Waals surface area contributed by atoms with E-state index in [9.17, 15) is 0 Å². The smallest absolute Gasteiger partial charge is 0.0654 e. The molecule has 0 atom stereocenters. The van der Waals surface area contributed by atoms with Gasteiger partial charge in [0.15, 0.2) is 0 Å². The Morgan fingerprint density at radius 1 is 0.474 bits per heavy atom. The van der Waals surface area contributed by atoms with Gasteiger partial charge in [0.2, 0.25) is 4.91 Å². The van der Waals surface area contributed by atoms with E-state index in [-0.39, 0.29) is 0 Å². The fraction of sp³-hybridized carbons (Fsp3) is 1.00. The summed E-state index contributed by atoms with van der Waals surface area (Å²) in [5, 5.41) is 0. The topological polar surface area (TPSA) is 61.8 Å². The third-order valence-electron chi connectivity index (χ3n) is 3.46. The molecule has 0 aliphatic heterocycles. The van der Waals surface area contributed by atoms with Crippen molar-refractivity contribution >= 4 is 0 Å². The van der Waals surface area contributed by atoms with Gasteiger partial charge < -0.3 is 0 Å². The van der Waals surface area contributed by atoms with Gasteiger partial charge in [-0.25, -0.2) is 0 Å². The summed E-state index contributed by atoms with van der Waals surface area (Å²) in [4.78, 5) is 2.00. The third-order valence-corrected chi connectivity index (χ3v) is 3.46. The first-order valence-electron chi connectivity index (χ1n) is 8.36. The third kappa shape index (κ3) is 26.8. The van der Waals surface area contributed by atoms with Gasteiger partial charge in [0, 0.05) is 0 Å². The molecule has 0 bridgehead atoms. The molecule has 0 saturated carbocycles. The summed E-state index contributed by atoms with van der Waals surface area (Å²) in [6.07, 6.45) is 20.4. The zero-order chi connectivity index (χ0) is 14.6. The van der Waals surface area contributed by atoms with Crippen LogP contribution >= 0.6 is 0 Å². The molecule has 3 nitrogen and oxygen atoms in total. The van der Waals surface area contributed by atoms with Crippen LogP contribution in [0.4, 0.5) is 0 Å². The van der Waals surface area contributed by atoms with E-state index in [1.54, 1.807) is 0 Å². The predicted octanol–water partition coefficient (Wildman–Crippen LogP) is 6.60. The Hall–Kier alpha value is -0.690. The van der Waals surface area contributed by atoms with Gasteiger partial charge in [0.1, 0.15) is 11.1 Å². The van der Waals surface area contributed by atoms with E-state index in [1.165, 1.54) is 89.9 Å². The van der Waals surface area contributed by atoms with Crippen LogP contribution < -0.4 is 4.91 Å². The second kappa shape index (κ2) is 22.5. The van der Waals surface area contributed by atoms with Crippen LogP contribution in [0, 0.1) is 11.1 Å².